The summed E-state index contributed by atoms with van der Waals surface area (Å²) in [6, 6.07) is 3.92. The summed E-state index contributed by atoms with van der Waals surface area (Å²) in [5.74, 6) is -1.42. The first kappa shape index (κ1) is 15.7. The minimum atomic E-state index is -0.677. The van der Waals surface area contributed by atoms with Crippen LogP contribution < -0.4 is 5.73 Å². The lowest BCUT2D eigenvalue weighted by molar-refractivity contribution is 0.0753. The largest absolute Gasteiger partial charge is 0.507 e. The van der Waals surface area contributed by atoms with E-state index in [1.165, 1.54) is 18.2 Å². The van der Waals surface area contributed by atoms with Gasteiger partial charge in [-0.05, 0) is 44.6 Å². The van der Waals surface area contributed by atoms with Crippen LogP contribution in [0.3, 0.4) is 0 Å². The molecule has 0 bridgehead atoms. The summed E-state index contributed by atoms with van der Waals surface area (Å²) in [7, 11) is 0. The van der Waals surface area contributed by atoms with Crippen molar-refractivity contribution in [2.45, 2.75) is 12.8 Å². The van der Waals surface area contributed by atoms with Crippen LogP contribution in [-0.2, 0) is 0 Å². The van der Waals surface area contributed by atoms with Crippen LogP contribution in [0.15, 0.2) is 18.2 Å². The zero-order chi connectivity index (χ0) is 15.2. The number of hydrogen-bond acceptors (Lipinski definition) is 4. The second-order valence-corrected chi connectivity index (χ2v) is 5.26. The van der Waals surface area contributed by atoms with Crippen molar-refractivity contribution in [3.63, 3.8) is 0 Å². The maximum atomic E-state index is 13.8. The van der Waals surface area contributed by atoms with E-state index in [4.69, 9.17) is 5.73 Å². The lowest BCUT2D eigenvalue weighted by atomic mass is 10.1. The third kappa shape index (κ3) is 3.92. The zero-order valence-corrected chi connectivity index (χ0v) is 12.1. The maximum absolute atomic E-state index is 13.8. The van der Waals surface area contributed by atoms with Crippen molar-refractivity contribution in [2.24, 2.45) is 5.73 Å². The van der Waals surface area contributed by atoms with Crippen LogP contribution >= 0.6 is 0 Å². The Hall–Kier alpha value is -1.66. The molecular weight excluding hydrogens is 273 g/mol. The molecule has 1 saturated heterocycles. The molecule has 0 aromatic heterocycles. The monoisotopic (exact) mass is 295 g/mol. The van der Waals surface area contributed by atoms with Gasteiger partial charge in [-0.3, -0.25) is 4.79 Å². The number of carbonyl (C=O) groups is 1. The highest BCUT2D eigenvalue weighted by Crippen LogP contribution is 2.22. The fourth-order valence-corrected chi connectivity index (χ4v) is 2.60. The Labute approximate surface area is 124 Å². The molecule has 1 fully saturated rings. The second-order valence-electron chi connectivity index (χ2n) is 5.26. The predicted molar refractivity (Wildman–Crippen MR) is 78.7 cm³/mol. The minimum Gasteiger partial charge on any atom is -0.507 e. The lowest BCUT2D eigenvalue weighted by Gasteiger charge is -2.22. The number of hydrogen-bond donors (Lipinski definition) is 2. The molecular formula is C15H22FN3O2. The Morgan fingerprint density at radius 3 is 2.81 bits per heavy atom. The van der Waals surface area contributed by atoms with E-state index in [9.17, 15) is 14.3 Å². The highest BCUT2D eigenvalue weighted by molar-refractivity contribution is 5.97. The Morgan fingerprint density at radius 2 is 2.10 bits per heavy atom. The van der Waals surface area contributed by atoms with Crippen molar-refractivity contribution in [1.29, 1.82) is 0 Å². The fraction of sp³-hybridized carbons (Fsp3) is 0.533. The normalized spacial score (nSPS) is 16.8. The molecule has 0 unspecified atom stereocenters. The molecule has 6 heteroatoms. The van der Waals surface area contributed by atoms with E-state index in [0.29, 0.717) is 19.6 Å². The summed E-state index contributed by atoms with van der Waals surface area (Å²) in [5, 5.41) is 9.72. The van der Waals surface area contributed by atoms with Gasteiger partial charge in [-0.2, -0.15) is 0 Å². The number of benzene rings is 1. The first-order valence-corrected chi connectivity index (χ1v) is 7.32. The Kier molecular flexibility index (Phi) is 5.52. The van der Waals surface area contributed by atoms with Gasteiger partial charge in [-0.25, -0.2) is 4.39 Å². The first-order valence-electron chi connectivity index (χ1n) is 7.32. The Bertz CT molecular complexity index is 476. The molecule has 21 heavy (non-hydrogen) atoms. The third-order valence-electron chi connectivity index (χ3n) is 3.76. The van der Waals surface area contributed by atoms with Crippen LogP contribution in [0.25, 0.3) is 0 Å². The Balaban J connectivity index is 2.03. The van der Waals surface area contributed by atoms with Gasteiger partial charge >= 0.3 is 0 Å². The molecule has 1 heterocycles. The van der Waals surface area contributed by atoms with E-state index in [0.717, 1.165) is 32.5 Å². The van der Waals surface area contributed by atoms with Gasteiger partial charge in [0.05, 0.1) is 0 Å². The molecule has 1 aromatic rings. The topological polar surface area (TPSA) is 69.8 Å². The van der Waals surface area contributed by atoms with Crippen molar-refractivity contribution >= 4 is 5.91 Å². The van der Waals surface area contributed by atoms with Crippen molar-refractivity contribution in [3.05, 3.63) is 29.6 Å². The van der Waals surface area contributed by atoms with E-state index in [-0.39, 0.29) is 11.3 Å². The predicted octanol–water partition coefficient (Wildman–Crippen LogP) is 1.03. The van der Waals surface area contributed by atoms with E-state index in [1.54, 1.807) is 4.90 Å². The SMILES string of the molecule is NCCCN1CCCN(C(=O)c2c(O)cccc2F)CC1. The maximum Gasteiger partial charge on any atom is 0.260 e. The van der Waals surface area contributed by atoms with E-state index in [1.807, 2.05) is 0 Å². The minimum absolute atomic E-state index is 0.229. The molecule has 3 N–H and O–H groups in total. The van der Waals surface area contributed by atoms with Gasteiger partial charge in [0.2, 0.25) is 0 Å². The zero-order valence-electron chi connectivity index (χ0n) is 12.1. The van der Waals surface area contributed by atoms with Gasteiger partial charge in [0.15, 0.2) is 0 Å². The molecule has 5 nitrogen and oxygen atoms in total. The van der Waals surface area contributed by atoms with Crippen LogP contribution in [0.1, 0.15) is 23.2 Å². The number of nitrogens with zero attached hydrogens (tertiary/aromatic N) is 2. The molecule has 116 valence electrons. The van der Waals surface area contributed by atoms with Gasteiger partial charge in [0.1, 0.15) is 17.1 Å². The summed E-state index contributed by atoms with van der Waals surface area (Å²) < 4.78 is 13.8. The molecule has 0 radical (unpaired) electrons. The standard InChI is InChI=1S/C15H22FN3O2/c16-12-4-1-5-13(20)14(12)15(21)19-9-3-8-18(10-11-19)7-2-6-17/h1,4-5,20H,2-3,6-11,17H2. The number of rotatable bonds is 4. The van der Waals surface area contributed by atoms with Gasteiger partial charge in [-0.1, -0.05) is 6.07 Å². The lowest BCUT2D eigenvalue weighted by Crippen LogP contribution is -2.36. The van der Waals surface area contributed by atoms with Gasteiger partial charge in [0, 0.05) is 19.6 Å². The van der Waals surface area contributed by atoms with Crippen molar-refractivity contribution in [3.8, 4) is 5.75 Å². The van der Waals surface area contributed by atoms with Gasteiger partial charge in [-0.15, -0.1) is 0 Å². The average Bonchev–Trinajstić information content (AvgIpc) is 2.70. The number of phenols is 1. The number of nitrogens with two attached hydrogens (primary N) is 1. The number of phenolic OH excluding ortho intramolecular Hbond substituents is 1. The third-order valence-corrected chi connectivity index (χ3v) is 3.76. The molecule has 1 aliphatic heterocycles. The average molecular weight is 295 g/mol. The second kappa shape index (κ2) is 7.38. The van der Waals surface area contributed by atoms with Crippen molar-refractivity contribution in [1.82, 2.24) is 9.80 Å². The molecule has 0 aliphatic carbocycles. The molecule has 1 amide bonds. The fourth-order valence-electron chi connectivity index (χ4n) is 2.60. The highest BCUT2D eigenvalue weighted by atomic mass is 19.1. The molecule has 0 spiro atoms. The van der Waals surface area contributed by atoms with Crippen LogP contribution in [0.5, 0.6) is 5.75 Å². The summed E-state index contributed by atoms with van der Waals surface area (Å²) in [5.41, 5.74) is 5.28. The van der Waals surface area contributed by atoms with Gasteiger partial charge < -0.3 is 20.6 Å². The summed E-state index contributed by atoms with van der Waals surface area (Å²) >= 11 is 0. The summed E-state index contributed by atoms with van der Waals surface area (Å²) in [6.07, 6.45) is 1.77. The van der Waals surface area contributed by atoms with Crippen LogP contribution in [0.2, 0.25) is 0 Å². The van der Waals surface area contributed by atoms with Crippen LogP contribution in [-0.4, -0.2) is 60.1 Å². The van der Waals surface area contributed by atoms with E-state index in [2.05, 4.69) is 4.90 Å². The summed E-state index contributed by atoms with van der Waals surface area (Å²) in [4.78, 5) is 16.3. The number of amides is 1. The molecule has 1 aliphatic rings. The molecule has 1 aromatic carbocycles. The highest BCUT2D eigenvalue weighted by Gasteiger charge is 2.24. The van der Waals surface area contributed by atoms with Crippen LogP contribution in [0, 0.1) is 5.82 Å². The van der Waals surface area contributed by atoms with Gasteiger partial charge in [0.25, 0.3) is 5.91 Å². The molecule has 0 saturated carbocycles. The van der Waals surface area contributed by atoms with Crippen molar-refractivity contribution < 1.29 is 14.3 Å². The Morgan fingerprint density at radius 1 is 1.29 bits per heavy atom. The smallest absolute Gasteiger partial charge is 0.260 e. The molecule has 0 atom stereocenters. The number of aromatic hydroxyl groups is 1. The first-order chi connectivity index (χ1) is 10.1. The quantitative estimate of drug-likeness (QED) is 0.870. The van der Waals surface area contributed by atoms with Crippen molar-refractivity contribution in [2.75, 3.05) is 39.3 Å². The van der Waals surface area contributed by atoms with E-state index >= 15 is 0 Å². The number of halogens is 1. The van der Waals surface area contributed by atoms with Crippen LogP contribution in [0.4, 0.5) is 4.39 Å². The van der Waals surface area contributed by atoms with E-state index < -0.39 is 11.7 Å². The summed E-state index contributed by atoms with van der Waals surface area (Å²) in [6.45, 7) is 4.35. The molecule has 2 rings (SSSR count). The number of carbonyl (C=O) groups excluding carboxylic acids is 1.